The van der Waals surface area contributed by atoms with E-state index in [1.807, 2.05) is 25.1 Å². The Balaban J connectivity index is 0.00000196. The van der Waals surface area contributed by atoms with Crippen LogP contribution >= 0.6 is 23.7 Å². The van der Waals surface area contributed by atoms with Gasteiger partial charge in [-0.05, 0) is 32.1 Å². The molecule has 2 N–H and O–H groups in total. The predicted octanol–water partition coefficient (Wildman–Crippen LogP) is 4.08. The number of halogens is 1. The van der Waals surface area contributed by atoms with Gasteiger partial charge in [0.2, 0.25) is 5.91 Å². The summed E-state index contributed by atoms with van der Waals surface area (Å²) in [5.41, 5.74) is 2.15. The van der Waals surface area contributed by atoms with E-state index < -0.39 is 0 Å². The van der Waals surface area contributed by atoms with Crippen molar-refractivity contribution in [3.8, 4) is 10.6 Å². The lowest BCUT2D eigenvalue weighted by atomic mass is 9.85. The molecule has 0 radical (unpaired) electrons. The molecular weight excluding hydrogens is 366 g/mol. The van der Waals surface area contributed by atoms with Crippen molar-refractivity contribution in [1.29, 1.82) is 0 Å². The van der Waals surface area contributed by atoms with Gasteiger partial charge in [-0.25, -0.2) is 4.98 Å². The van der Waals surface area contributed by atoms with Gasteiger partial charge in [-0.15, -0.1) is 23.7 Å². The van der Waals surface area contributed by atoms with Gasteiger partial charge in [0.25, 0.3) is 0 Å². The third-order valence-electron chi connectivity index (χ3n) is 5.52. The van der Waals surface area contributed by atoms with Gasteiger partial charge in [0.1, 0.15) is 5.01 Å². The molecule has 0 bridgehead atoms. The van der Waals surface area contributed by atoms with Crippen LogP contribution in [0, 0.1) is 12.8 Å². The number of carbonyl (C=O) groups excluding carboxylic acids is 1. The van der Waals surface area contributed by atoms with Crippen molar-refractivity contribution in [1.82, 2.24) is 15.6 Å². The second-order valence-electron chi connectivity index (χ2n) is 7.22. The number of fused-ring (bicyclic) bond motifs is 1. The summed E-state index contributed by atoms with van der Waals surface area (Å²) >= 11 is 1.67. The largest absolute Gasteiger partial charge is 0.350 e. The highest BCUT2D eigenvalue weighted by Crippen LogP contribution is 2.33. The zero-order valence-corrected chi connectivity index (χ0v) is 16.7. The number of aromatic nitrogens is 1. The number of carbonyl (C=O) groups is 1. The van der Waals surface area contributed by atoms with Crippen LogP contribution < -0.4 is 10.6 Å². The Morgan fingerprint density at radius 3 is 2.81 bits per heavy atom. The van der Waals surface area contributed by atoms with E-state index in [2.05, 4.69) is 27.8 Å². The van der Waals surface area contributed by atoms with Crippen molar-refractivity contribution in [3.05, 3.63) is 40.9 Å². The van der Waals surface area contributed by atoms with Crippen LogP contribution in [-0.2, 0) is 11.3 Å². The number of nitrogens with one attached hydrogen (secondary N) is 2. The first-order valence-electron chi connectivity index (χ1n) is 9.26. The molecule has 2 fully saturated rings. The number of benzene rings is 1. The molecule has 4 nitrogen and oxygen atoms in total. The van der Waals surface area contributed by atoms with E-state index in [1.165, 1.54) is 25.7 Å². The molecule has 3 atom stereocenters. The number of hydrogen-bond donors (Lipinski definition) is 2. The standard InChI is InChI=1S/C20H25N3OS.ClH/c1-13-18(25-20(22-13)14-7-3-2-4-8-14)12-21-19(24)17-11-15-9-5-6-10-16(15)23-17;/h2-4,7-8,15-17,23H,5-6,9-12H2,1H3,(H,21,24);1H. The summed E-state index contributed by atoms with van der Waals surface area (Å²) in [6, 6.07) is 10.7. The first-order valence-corrected chi connectivity index (χ1v) is 10.1. The number of nitrogens with zero attached hydrogens (tertiary/aromatic N) is 1. The van der Waals surface area contributed by atoms with E-state index in [0.717, 1.165) is 27.6 Å². The van der Waals surface area contributed by atoms with E-state index in [0.29, 0.717) is 18.5 Å². The topological polar surface area (TPSA) is 54.0 Å². The predicted molar refractivity (Wildman–Crippen MR) is 109 cm³/mol. The van der Waals surface area contributed by atoms with Crippen LogP contribution in [0.3, 0.4) is 0 Å². The first kappa shape index (κ1) is 19.3. The van der Waals surface area contributed by atoms with Crippen molar-refractivity contribution < 1.29 is 4.79 Å². The highest BCUT2D eigenvalue weighted by atomic mass is 35.5. The molecule has 2 aromatic rings. The van der Waals surface area contributed by atoms with Crippen LogP contribution in [0.25, 0.3) is 10.6 Å². The van der Waals surface area contributed by atoms with Crippen LogP contribution in [-0.4, -0.2) is 23.0 Å². The van der Waals surface area contributed by atoms with Gasteiger partial charge >= 0.3 is 0 Å². The first-order chi connectivity index (χ1) is 12.2. The normalized spacial score (nSPS) is 24.6. The SMILES string of the molecule is Cc1nc(-c2ccccc2)sc1CNC(=O)C1CC2CCCCC2N1.Cl. The second-order valence-corrected chi connectivity index (χ2v) is 8.30. The average Bonchev–Trinajstić information content (AvgIpc) is 3.24. The Morgan fingerprint density at radius 1 is 1.27 bits per heavy atom. The molecule has 26 heavy (non-hydrogen) atoms. The molecule has 0 spiro atoms. The molecule has 1 saturated heterocycles. The Bertz CT molecular complexity index is 735. The van der Waals surface area contributed by atoms with Gasteiger partial charge in [-0.3, -0.25) is 4.79 Å². The van der Waals surface area contributed by atoms with Gasteiger partial charge in [0.15, 0.2) is 0 Å². The fraction of sp³-hybridized carbons (Fsp3) is 0.500. The quantitative estimate of drug-likeness (QED) is 0.825. The van der Waals surface area contributed by atoms with Crippen molar-refractivity contribution >= 4 is 29.7 Å². The summed E-state index contributed by atoms with van der Waals surface area (Å²) in [5, 5.41) is 7.70. The summed E-state index contributed by atoms with van der Waals surface area (Å²) in [6.07, 6.45) is 6.11. The fourth-order valence-electron chi connectivity index (χ4n) is 4.11. The summed E-state index contributed by atoms with van der Waals surface area (Å²) in [6.45, 7) is 2.59. The van der Waals surface area contributed by atoms with Crippen molar-refractivity contribution in [2.75, 3.05) is 0 Å². The molecule has 2 aliphatic rings. The monoisotopic (exact) mass is 391 g/mol. The van der Waals surface area contributed by atoms with E-state index in [1.54, 1.807) is 11.3 Å². The van der Waals surface area contributed by atoms with Crippen LogP contribution in [0.4, 0.5) is 0 Å². The zero-order chi connectivity index (χ0) is 17.2. The maximum atomic E-state index is 12.6. The van der Waals surface area contributed by atoms with Gasteiger partial charge in [0, 0.05) is 16.5 Å². The van der Waals surface area contributed by atoms with Crippen molar-refractivity contribution in [3.63, 3.8) is 0 Å². The molecule has 4 rings (SSSR count). The van der Waals surface area contributed by atoms with Gasteiger partial charge < -0.3 is 10.6 Å². The molecule has 1 aromatic carbocycles. The molecule has 2 heterocycles. The smallest absolute Gasteiger partial charge is 0.237 e. The summed E-state index contributed by atoms with van der Waals surface area (Å²) in [5.74, 6) is 0.836. The van der Waals surface area contributed by atoms with Gasteiger partial charge in [-0.2, -0.15) is 0 Å². The summed E-state index contributed by atoms with van der Waals surface area (Å²) in [4.78, 5) is 18.4. The highest BCUT2D eigenvalue weighted by Gasteiger charge is 2.38. The molecule has 1 aromatic heterocycles. The summed E-state index contributed by atoms with van der Waals surface area (Å²) < 4.78 is 0. The number of aryl methyl sites for hydroxylation is 1. The lowest BCUT2D eigenvalue weighted by Crippen LogP contribution is -2.42. The number of hydrogen-bond acceptors (Lipinski definition) is 4. The minimum absolute atomic E-state index is 0. The van der Waals surface area contributed by atoms with Crippen LogP contribution in [0.15, 0.2) is 30.3 Å². The number of rotatable bonds is 4. The average molecular weight is 392 g/mol. The lowest BCUT2D eigenvalue weighted by molar-refractivity contribution is -0.123. The van der Waals surface area contributed by atoms with E-state index in [-0.39, 0.29) is 24.4 Å². The third kappa shape index (κ3) is 4.11. The molecule has 1 amide bonds. The van der Waals surface area contributed by atoms with E-state index >= 15 is 0 Å². The Labute approximate surface area is 165 Å². The maximum Gasteiger partial charge on any atom is 0.237 e. The van der Waals surface area contributed by atoms with Crippen molar-refractivity contribution in [2.45, 2.75) is 57.7 Å². The van der Waals surface area contributed by atoms with Crippen LogP contribution in [0.2, 0.25) is 0 Å². The van der Waals surface area contributed by atoms with Crippen LogP contribution in [0.1, 0.15) is 42.7 Å². The van der Waals surface area contributed by atoms with Crippen LogP contribution in [0.5, 0.6) is 0 Å². The molecule has 1 aliphatic heterocycles. The minimum atomic E-state index is -0.0186. The number of amides is 1. The Kier molecular flexibility index (Phi) is 6.33. The van der Waals surface area contributed by atoms with Gasteiger partial charge in [0.05, 0.1) is 18.3 Å². The molecular formula is C20H26ClN3OS. The molecule has 1 saturated carbocycles. The van der Waals surface area contributed by atoms with Crippen molar-refractivity contribution in [2.24, 2.45) is 5.92 Å². The third-order valence-corrected chi connectivity index (χ3v) is 6.72. The number of thiazole rings is 1. The Hall–Kier alpha value is -1.43. The second kappa shape index (κ2) is 8.51. The van der Waals surface area contributed by atoms with E-state index in [4.69, 9.17) is 0 Å². The summed E-state index contributed by atoms with van der Waals surface area (Å²) in [7, 11) is 0. The Morgan fingerprint density at radius 2 is 2.04 bits per heavy atom. The lowest BCUT2D eigenvalue weighted by Gasteiger charge is -2.24. The van der Waals surface area contributed by atoms with Gasteiger partial charge in [-0.1, -0.05) is 43.2 Å². The molecule has 1 aliphatic carbocycles. The molecule has 6 heteroatoms. The minimum Gasteiger partial charge on any atom is -0.350 e. The van der Waals surface area contributed by atoms with E-state index in [9.17, 15) is 4.79 Å². The maximum absolute atomic E-state index is 12.6. The molecule has 3 unspecified atom stereocenters. The zero-order valence-electron chi connectivity index (χ0n) is 15.0. The fourth-order valence-corrected chi connectivity index (χ4v) is 5.12. The highest BCUT2D eigenvalue weighted by molar-refractivity contribution is 7.15. The molecule has 140 valence electrons.